The minimum atomic E-state index is -0.510. The van der Waals surface area contributed by atoms with Crippen molar-refractivity contribution in [3.8, 4) is 0 Å². The van der Waals surface area contributed by atoms with Gasteiger partial charge in [0.15, 0.2) is 0 Å². The van der Waals surface area contributed by atoms with Crippen LogP contribution < -0.4 is 0 Å². The van der Waals surface area contributed by atoms with Gasteiger partial charge in [-0.05, 0) is 20.8 Å². The summed E-state index contributed by atoms with van der Waals surface area (Å²) < 4.78 is 1.44. The van der Waals surface area contributed by atoms with Gasteiger partial charge in [-0.25, -0.2) is 4.68 Å². The van der Waals surface area contributed by atoms with Crippen molar-refractivity contribution >= 4 is 17.3 Å². The normalized spacial score (nSPS) is 10.8. The number of rotatable bonds is 2. The van der Waals surface area contributed by atoms with E-state index < -0.39 is 4.92 Å². The first-order valence-electron chi connectivity index (χ1n) is 3.84. The van der Waals surface area contributed by atoms with Gasteiger partial charge in [0.25, 0.3) is 0 Å². The van der Waals surface area contributed by atoms with Gasteiger partial charge in [0.1, 0.15) is 5.69 Å². The molecule has 0 unspecified atom stereocenters. The van der Waals surface area contributed by atoms with Crippen LogP contribution in [0.3, 0.4) is 0 Å². The molecule has 0 saturated carbocycles. The van der Waals surface area contributed by atoms with Gasteiger partial charge in [-0.1, -0.05) is 11.6 Å². The average molecular weight is 204 g/mol. The van der Waals surface area contributed by atoms with Crippen LogP contribution >= 0.6 is 11.6 Å². The van der Waals surface area contributed by atoms with Gasteiger partial charge in [-0.3, -0.25) is 10.1 Å². The number of nitro groups is 1. The first-order chi connectivity index (χ1) is 5.95. The molecule has 5 nitrogen and oxygen atoms in total. The van der Waals surface area contributed by atoms with E-state index in [1.807, 2.05) is 13.8 Å². The van der Waals surface area contributed by atoms with Crippen LogP contribution in [-0.4, -0.2) is 14.7 Å². The molecule has 6 heteroatoms. The molecular weight excluding hydrogens is 194 g/mol. The Morgan fingerprint density at radius 1 is 1.62 bits per heavy atom. The SMILES string of the molecule is Cc1nn(C(C)C)c(Cl)c1[N+](=O)[O-]. The Hall–Kier alpha value is -1.10. The number of halogens is 1. The van der Waals surface area contributed by atoms with Crippen LogP contribution in [0.15, 0.2) is 0 Å². The maximum absolute atomic E-state index is 10.5. The monoisotopic (exact) mass is 203 g/mol. The molecule has 13 heavy (non-hydrogen) atoms. The summed E-state index contributed by atoms with van der Waals surface area (Å²) in [6.45, 7) is 5.30. The molecule has 0 aliphatic rings. The Morgan fingerprint density at radius 2 is 2.15 bits per heavy atom. The van der Waals surface area contributed by atoms with Crippen LogP contribution in [0.5, 0.6) is 0 Å². The predicted octanol–water partition coefficient (Wildman–Crippen LogP) is 2.33. The number of hydrogen-bond acceptors (Lipinski definition) is 3. The van der Waals surface area contributed by atoms with E-state index in [4.69, 9.17) is 11.6 Å². The summed E-state index contributed by atoms with van der Waals surface area (Å²) in [5.74, 6) is 0. The summed E-state index contributed by atoms with van der Waals surface area (Å²) >= 11 is 5.78. The predicted molar refractivity (Wildman–Crippen MR) is 49.0 cm³/mol. The van der Waals surface area contributed by atoms with Gasteiger partial charge in [-0.2, -0.15) is 5.10 Å². The van der Waals surface area contributed by atoms with Crippen molar-refractivity contribution in [1.82, 2.24) is 9.78 Å². The molecular formula is C7H10ClN3O2. The van der Waals surface area contributed by atoms with E-state index in [1.165, 1.54) is 4.68 Å². The first-order valence-corrected chi connectivity index (χ1v) is 4.22. The minimum Gasteiger partial charge on any atom is -0.258 e. The molecule has 0 amide bonds. The van der Waals surface area contributed by atoms with Crippen molar-refractivity contribution in [3.05, 3.63) is 21.0 Å². The van der Waals surface area contributed by atoms with Crippen molar-refractivity contribution in [3.63, 3.8) is 0 Å². The van der Waals surface area contributed by atoms with E-state index in [2.05, 4.69) is 5.10 Å². The van der Waals surface area contributed by atoms with Crippen LogP contribution in [0.25, 0.3) is 0 Å². The molecule has 0 N–H and O–H groups in total. The molecule has 0 radical (unpaired) electrons. The fourth-order valence-corrected chi connectivity index (χ4v) is 1.50. The standard InChI is InChI=1S/C7H10ClN3O2/c1-4(2)10-7(8)6(11(12)13)5(3)9-10/h4H,1-3H3. The van der Waals surface area contributed by atoms with E-state index in [-0.39, 0.29) is 16.9 Å². The fourth-order valence-electron chi connectivity index (χ4n) is 1.06. The van der Waals surface area contributed by atoms with E-state index in [0.717, 1.165) is 0 Å². The number of aryl methyl sites for hydroxylation is 1. The summed E-state index contributed by atoms with van der Waals surface area (Å²) in [5.41, 5.74) is 0.249. The van der Waals surface area contributed by atoms with E-state index in [0.29, 0.717) is 5.69 Å². The molecule has 0 fully saturated rings. The maximum atomic E-state index is 10.5. The molecule has 1 aromatic rings. The summed E-state index contributed by atoms with van der Waals surface area (Å²) in [4.78, 5) is 10.0. The van der Waals surface area contributed by atoms with Crippen LogP contribution in [0.2, 0.25) is 5.15 Å². The van der Waals surface area contributed by atoms with Crippen molar-refractivity contribution in [2.75, 3.05) is 0 Å². The second kappa shape index (κ2) is 3.33. The fraction of sp³-hybridized carbons (Fsp3) is 0.571. The van der Waals surface area contributed by atoms with Gasteiger partial charge in [-0.15, -0.1) is 0 Å². The summed E-state index contributed by atoms with van der Waals surface area (Å²) in [6.07, 6.45) is 0. The molecule has 0 aromatic carbocycles. The smallest absolute Gasteiger partial charge is 0.258 e. The largest absolute Gasteiger partial charge is 0.328 e. The van der Waals surface area contributed by atoms with Crippen LogP contribution in [0.1, 0.15) is 25.6 Å². The van der Waals surface area contributed by atoms with Gasteiger partial charge in [0, 0.05) is 6.04 Å². The quantitative estimate of drug-likeness (QED) is 0.548. The number of hydrogen-bond donors (Lipinski definition) is 0. The Kier molecular flexibility index (Phi) is 2.56. The van der Waals surface area contributed by atoms with Crippen LogP contribution in [-0.2, 0) is 0 Å². The lowest BCUT2D eigenvalue weighted by atomic mass is 10.4. The first kappa shape index (κ1) is 9.98. The lowest BCUT2D eigenvalue weighted by Crippen LogP contribution is -2.02. The zero-order chi connectivity index (χ0) is 10.2. The molecule has 0 aliphatic carbocycles. The molecule has 0 aliphatic heterocycles. The highest BCUT2D eigenvalue weighted by molar-refractivity contribution is 6.31. The molecule has 1 rings (SSSR count). The highest BCUT2D eigenvalue weighted by Gasteiger charge is 2.24. The third kappa shape index (κ3) is 1.65. The highest BCUT2D eigenvalue weighted by atomic mass is 35.5. The van der Waals surface area contributed by atoms with E-state index in [1.54, 1.807) is 6.92 Å². The molecule has 0 bridgehead atoms. The Morgan fingerprint density at radius 3 is 2.38 bits per heavy atom. The van der Waals surface area contributed by atoms with Crippen molar-refractivity contribution in [2.24, 2.45) is 0 Å². The maximum Gasteiger partial charge on any atom is 0.328 e. The van der Waals surface area contributed by atoms with Crippen molar-refractivity contribution < 1.29 is 4.92 Å². The lowest BCUT2D eigenvalue weighted by Gasteiger charge is -2.04. The third-order valence-corrected chi connectivity index (χ3v) is 2.02. The Labute approximate surface area is 80.5 Å². The summed E-state index contributed by atoms with van der Waals surface area (Å²) in [7, 11) is 0. The Bertz CT molecular complexity index is 346. The lowest BCUT2D eigenvalue weighted by molar-refractivity contribution is -0.385. The van der Waals surface area contributed by atoms with Gasteiger partial charge < -0.3 is 0 Å². The molecule has 0 atom stereocenters. The Balaban J connectivity index is 3.30. The molecule has 0 saturated heterocycles. The number of nitrogens with zero attached hydrogens (tertiary/aromatic N) is 3. The second-order valence-electron chi connectivity index (χ2n) is 3.02. The van der Waals surface area contributed by atoms with E-state index in [9.17, 15) is 10.1 Å². The van der Waals surface area contributed by atoms with E-state index >= 15 is 0 Å². The van der Waals surface area contributed by atoms with Crippen molar-refractivity contribution in [2.45, 2.75) is 26.8 Å². The van der Waals surface area contributed by atoms with Crippen LogP contribution in [0, 0.1) is 17.0 Å². The van der Waals surface area contributed by atoms with Gasteiger partial charge in [0.05, 0.1) is 4.92 Å². The molecule has 72 valence electrons. The average Bonchev–Trinajstić information content (AvgIpc) is 2.26. The highest BCUT2D eigenvalue weighted by Crippen LogP contribution is 2.29. The third-order valence-electron chi connectivity index (χ3n) is 1.67. The summed E-state index contributed by atoms with van der Waals surface area (Å²) in [6, 6.07) is 0.0277. The zero-order valence-electron chi connectivity index (χ0n) is 7.61. The minimum absolute atomic E-state index is 0.0277. The molecule has 0 spiro atoms. The van der Waals surface area contributed by atoms with Crippen molar-refractivity contribution in [1.29, 1.82) is 0 Å². The van der Waals surface area contributed by atoms with Crippen LogP contribution in [0.4, 0.5) is 5.69 Å². The topological polar surface area (TPSA) is 61.0 Å². The molecule has 1 heterocycles. The number of aromatic nitrogens is 2. The zero-order valence-corrected chi connectivity index (χ0v) is 8.37. The second-order valence-corrected chi connectivity index (χ2v) is 3.38. The van der Waals surface area contributed by atoms with Gasteiger partial charge >= 0.3 is 5.69 Å². The molecule has 1 aromatic heterocycles. The summed E-state index contributed by atoms with van der Waals surface area (Å²) in [5, 5.41) is 14.6. The van der Waals surface area contributed by atoms with Gasteiger partial charge in [0.2, 0.25) is 5.15 Å².